The number of hydrogen-bond donors (Lipinski definition) is 6. The molecule has 16 heteroatoms. The summed E-state index contributed by atoms with van der Waals surface area (Å²) < 4.78 is 36.5. The number of alkyl halides is 3. The normalized spacial score (nSPS) is 12.1. The van der Waals surface area contributed by atoms with E-state index < -0.39 is 36.5 Å². The van der Waals surface area contributed by atoms with Gasteiger partial charge >= 0.3 is 18.1 Å². The third kappa shape index (κ3) is 7.36. The molecule has 0 radical (unpaired) electrons. The van der Waals surface area contributed by atoms with Crippen molar-refractivity contribution in [1.29, 1.82) is 0 Å². The zero-order valence-corrected chi connectivity index (χ0v) is 19.0. The summed E-state index contributed by atoms with van der Waals surface area (Å²) in [6.45, 7) is -0.141. The second-order valence-electron chi connectivity index (χ2n) is 7.69. The summed E-state index contributed by atoms with van der Waals surface area (Å²) in [6.07, 6.45) is -3.82. The molecule has 1 aromatic carbocycles. The Labute approximate surface area is 206 Å². The van der Waals surface area contributed by atoms with Crippen molar-refractivity contribution < 1.29 is 32.7 Å². The summed E-state index contributed by atoms with van der Waals surface area (Å²) >= 11 is 0. The lowest BCUT2D eigenvalue weighted by Crippen LogP contribution is -2.42. The molecule has 0 bridgehead atoms. The molecule has 2 heterocycles. The monoisotopic (exact) mass is 521 g/mol. The van der Waals surface area contributed by atoms with Gasteiger partial charge in [-0.1, -0.05) is 0 Å². The molecule has 0 aliphatic carbocycles. The molecule has 0 unspecified atom stereocenters. The van der Waals surface area contributed by atoms with Gasteiger partial charge in [-0.3, -0.25) is 9.59 Å². The minimum absolute atomic E-state index is 0.0154. The highest BCUT2D eigenvalue weighted by atomic mass is 19.4. The number of fused-ring (bicyclic) bond motifs is 1. The average molecular weight is 521 g/mol. The van der Waals surface area contributed by atoms with Crippen LogP contribution in [0, 0.1) is 0 Å². The molecule has 0 aliphatic rings. The number of halogens is 3. The van der Waals surface area contributed by atoms with E-state index in [1.165, 1.54) is 18.3 Å². The van der Waals surface area contributed by atoms with Crippen LogP contribution in [-0.4, -0.2) is 61.6 Å². The molecule has 13 nitrogen and oxygen atoms in total. The van der Waals surface area contributed by atoms with E-state index >= 15 is 0 Å². The number of amides is 2. The maximum atomic E-state index is 12.4. The number of carboxylic acids is 1. The van der Waals surface area contributed by atoms with Gasteiger partial charge in [0.25, 0.3) is 5.91 Å². The Kier molecular flexibility index (Phi) is 8.21. The molecule has 2 aromatic heterocycles. The number of aliphatic carboxylic acids is 1. The Morgan fingerprint density at radius 1 is 1.05 bits per heavy atom. The highest BCUT2D eigenvalue weighted by Crippen LogP contribution is 2.16. The number of carbonyl (C=O) groups excluding carboxylic acids is 2. The van der Waals surface area contributed by atoms with Crippen LogP contribution < -0.4 is 27.4 Å². The van der Waals surface area contributed by atoms with Crippen LogP contribution in [-0.2, 0) is 16.1 Å². The number of rotatable bonds is 10. The molecule has 1 atom stereocenters. The number of carboxylic acid groups (broad SMARTS) is 1. The lowest BCUT2D eigenvalue weighted by Gasteiger charge is -2.15. The standard InChI is InChI=1S/C21H22F3N9O4/c22-21(23,24)19(37)27-7-1-2-13(18(35)36)31-17(34)10-3-5-11(6-4-10)28-8-12-9-29-16-14(30-12)15(25)32-20(26)33-16/h3-6,9,13,28H,1-2,7-8H2,(H,27,37)(H,31,34)(H,35,36)(H4,25,26,29,32,33)/t13-/m0/s1. The zero-order valence-electron chi connectivity index (χ0n) is 19.0. The van der Waals surface area contributed by atoms with E-state index in [-0.39, 0.29) is 42.4 Å². The number of nitrogens with one attached hydrogen (secondary N) is 3. The van der Waals surface area contributed by atoms with Gasteiger partial charge < -0.3 is 32.5 Å². The number of hydrogen-bond acceptors (Lipinski definition) is 10. The second-order valence-corrected chi connectivity index (χ2v) is 7.69. The molecular weight excluding hydrogens is 499 g/mol. The van der Waals surface area contributed by atoms with Crippen LogP contribution in [0.3, 0.4) is 0 Å². The fourth-order valence-corrected chi connectivity index (χ4v) is 3.11. The predicted molar refractivity (Wildman–Crippen MR) is 125 cm³/mol. The molecule has 2 amide bonds. The number of carbonyl (C=O) groups is 3. The molecule has 0 saturated heterocycles. The van der Waals surface area contributed by atoms with Gasteiger partial charge in [-0.2, -0.15) is 23.1 Å². The third-order valence-electron chi connectivity index (χ3n) is 4.94. The molecule has 0 spiro atoms. The van der Waals surface area contributed by atoms with Crippen molar-refractivity contribution in [3.63, 3.8) is 0 Å². The molecule has 3 rings (SSSR count). The van der Waals surface area contributed by atoms with Crippen LogP contribution in [0.5, 0.6) is 0 Å². The molecule has 0 saturated carbocycles. The van der Waals surface area contributed by atoms with Crippen molar-refractivity contribution in [3.05, 3.63) is 41.7 Å². The summed E-state index contributed by atoms with van der Waals surface area (Å²) in [5.41, 5.74) is 13.2. The number of nitrogens with two attached hydrogens (primary N) is 2. The van der Waals surface area contributed by atoms with Crippen molar-refractivity contribution in [1.82, 2.24) is 30.6 Å². The van der Waals surface area contributed by atoms with Crippen LogP contribution in [0.15, 0.2) is 30.5 Å². The summed E-state index contributed by atoms with van der Waals surface area (Å²) in [4.78, 5) is 50.9. The van der Waals surface area contributed by atoms with E-state index in [0.717, 1.165) is 0 Å². The second kappa shape index (κ2) is 11.3. The Morgan fingerprint density at radius 2 is 1.76 bits per heavy atom. The lowest BCUT2D eigenvalue weighted by molar-refractivity contribution is -0.173. The van der Waals surface area contributed by atoms with Crippen molar-refractivity contribution in [2.45, 2.75) is 31.6 Å². The van der Waals surface area contributed by atoms with Gasteiger partial charge in [-0.05, 0) is 37.1 Å². The number of nitrogens with zero attached hydrogens (tertiary/aromatic N) is 4. The Morgan fingerprint density at radius 3 is 2.41 bits per heavy atom. The minimum atomic E-state index is -5.03. The van der Waals surface area contributed by atoms with Crippen molar-refractivity contribution in [3.8, 4) is 0 Å². The molecule has 0 fully saturated rings. The smallest absolute Gasteiger partial charge is 0.471 e. The Bertz CT molecular complexity index is 1300. The summed E-state index contributed by atoms with van der Waals surface area (Å²) in [5, 5.41) is 16.3. The average Bonchev–Trinajstić information content (AvgIpc) is 2.84. The number of nitrogen functional groups attached to an aromatic ring is 2. The molecule has 37 heavy (non-hydrogen) atoms. The van der Waals surface area contributed by atoms with Gasteiger partial charge in [0.15, 0.2) is 17.0 Å². The highest BCUT2D eigenvalue weighted by molar-refractivity contribution is 5.96. The first-order valence-electron chi connectivity index (χ1n) is 10.7. The number of benzene rings is 1. The molecular formula is C21H22F3N9O4. The van der Waals surface area contributed by atoms with Gasteiger partial charge in [-0.15, -0.1) is 0 Å². The summed E-state index contributed by atoms with van der Waals surface area (Å²) in [5.74, 6) is -4.09. The number of anilines is 3. The van der Waals surface area contributed by atoms with Gasteiger partial charge in [0, 0.05) is 17.8 Å². The molecule has 8 N–H and O–H groups in total. The van der Waals surface area contributed by atoms with Crippen molar-refractivity contribution in [2.24, 2.45) is 0 Å². The first kappa shape index (κ1) is 26.8. The number of aromatic nitrogens is 4. The minimum Gasteiger partial charge on any atom is -0.480 e. The maximum absolute atomic E-state index is 12.4. The maximum Gasteiger partial charge on any atom is 0.471 e. The molecule has 0 aliphatic heterocycles. The predicted octanol–water partition coefficient (Wildman–Crippen LogP) is 0.838. The molecule has 196 valence electrons. The first-order chi connectivity index (χ1) is 17.4. The third-order valence-corrected chi connectivity index (χ3v) is 4.94. The van der Waals surface area contributed by atoms with Gasteiger partial charge in [-0.25, -0.2) is 14.8 Å². The van der Waals surface area contributed by atoms with Crippen LogP contribution in [0.4, 0.5) is 30.6 Å². The quantitative estimate of drug-likeness (QED) is 0.206. The van der Waals surface area contributed by atoms with Crippen molar-refractivity contribution >= 4 is 46.4 Å². The zero-order chi connectivity index (χ0) is 27.2. The van der Waals surface area contributed by atoms with Crippen LogP contribution >= 0.6 is 0 Å². The molecule has 3 aromatic rings. The lowest BCUT2D eigenvalue weighted by atomic mass is 10.1. The van der Waals surface area contributed by atoms with Gasteiger partial charge in [0.2, 0.25) is 5.95 Å². The van der Waals surface area contributed by atoms with Crippen molar-refractivity contribution in [2.75, 3.05) is 23.3 Å². The SMILES string of the molecule is Nc1nc(N)c2nc(CNc3ccc(C(=O)N[C@@H](CCCNC(=O)C(F)(F)F)C(=O)O)cc3)cnc2n1. The summed E-state index contributed by atoms with van der Waals surface area (Å²) in [7, 11) is 0. The van der Waals surface area contributed by atoms with Crippen LogP contribution in [0.2, 0.25) is 0 Å². The van der Waals surface area contributed by atoms with E-state index in [1.807, 2.05) is 0 Å². The first-order valence-corrected chi connectivity index (χ1v) is 10.7. The van der Waals surface area contributed by atoms with E-state index in [4.69, 9.17) is 11.5 Å². The van der Waals surface area contributed by atoms with Crippen LogP contribution in [0.1, 0.15) is 28.9 Å². The van der Waals surface area contributed by atoms with E-state index in [1.54, 1.807) is 17.4 Å². The van der Waals surface area contributed by atoms with Crippen LogP contribution in [0.25, 0.3) is 11.2 Å². The van der Waals surface area contributed by atoms with E-state index in [0.29, 0.717) is 16.9 Å². The Hall–Kier alpha value is -4.76. The van der Waals surface area contributed by atoms with E-state index in [9.17, 15) is 32.7 Å². The fourth-order valence-electron chi connectivity index (χ4n) is 3.11. The van der Waals surface area contributed by atoms with E-state index in [2.05, 4.69) is 30.6 Å². The highest BCUT2D eigenvalue weighted by Gasteiger charge is 2.38. The summed E-state index contributed by atoms with van der Waals surface area (Å²) in [6, 6.07) is 4.74. The largest absolute Gasteiger partial charge is 0.480 e. The Balaban J connectivity index is 1.53. The van der Waals surface area contributed by atoms with Gasteiger partial charge in [0.05, 0.1) is 18.4 Å². The van der Waals surface area contributed by atoms with Gasteiger partial charge in [0.1, 0.15) is 6.04 Å². The topological polar surface area (TPSA) is 211 Å². The fraction of sp³-hybridized carbons (Fsp3) is 0.286.